The van der Waals surface area contributed by atoms with Gasteiger partial charge >= 0.3 is 0 Å². The number of hydrogen-bond acceptors (Lipinski definition) is 8. The summed E-state index contributed by atoms with van der Waals surface area (Å²) >= 11 is 0. The van der Waals surface area contributed by atoms with Gasteiger partial charge in [0.2, 0.25) is 0 Å². The van der Waals surface area contributed by atoms with Crippen molar-refractivity contribution in [3.8, 4) is 0 Å². The fourth-order valence-electron chi connectivity index (χ4n) is 2.57. The first-order valence-electron chi connectivity index (χ1n) is 8.62. The summed E-state index contributed by atoms with van der Waals surface area (Å²) in [6.45, 7) is 12.1. The highest BCUT2D eigenvalue weighted by Crippen LogP contribution is 2.54. The quantitative estimate of drug-likeness (QED) is 0.246. The molecule has 4 nitrogen and oxygen atoms in total. The molecule has 0 fully saturated rings. The molecule has 0 aromatic rings. The van der Waals surface area contributed by atoms with E-state index >= 15 is 0 Å². The van der Waals surface area contributed by atoms with Crippen LogP contribution in [-0.2, 0) is 19.7 Å². The third-order valence-corrected chi connectivity index (χ3v) is 15.5. The third kappa shape index (κ3) is 11.3. The Bertz CT molecular complexity index is 569. The lowest BCUT2D eigenvalue weighted by atomic mass is 10.1. The number of sulfone groups is 2. The van der Waals surface area contributed by atoms with Crippen molar-refractivity contribution >= 4 is 60.9 Å². The lowest BCUT2D eigenvalue weighted by molar-refractivity contribution is 0.544. The van der Waals surface area contributed by atoms with Crippen molar-refractivity contribution in [2.75, 3.05) is 12.5 Å². The molecule has 0 aliphatic heterocycles. The van der Waals surface area contributed by atoms with E-state index in [-0.39, 0.29) is 20.0 Å². The molecule has 0 N–H and O–H groups in total. The van der Waals surface area contributed by atoms with Crippen molar-refractivity contribution in [2.24, 2.45) is 0 Å². The second-order valence-electron chi connectivity index (χ2n) is 7.95. The zero-order valence-electron chi connectivity index (χ0n) is 17.1. The molecule has 2 unspecified atom stereocenters. The first-order valence-corrected chi connectivity index (χ1v) is 17.3. The monoisotopic (exact) mass is 482 g/mol. The number of hydrogen-bond donors (Lipinski definition) is 0. The van der Waals surface area contributed by atoms with Crippen molar-refractivity contribution in [3.63, 3.8) is 0 Å². The predicted octanol–water partition coefficient (Wildman–Crippen LogP) is 5.65. The maximum atomic E-state index is 11.8. The maximum absolute atomic E-state index is 11.8. The highest BCUT2D eigenvalue weighted by atomic mass is 33.7. The van der Waals surface area contributed by atoms with Gasteiger partial charge in [0.1, 0.15) is 19.7 Å². The van der Waals surface area contributed by atoms with Crippen LogP contribution in [0.1, 0.15) is 67.2 Å². The molecule has 0 amide bonds. The molecule has 0 spiro atoms. The molecule has 0 bridgehead atoms. The highest BCUT2D eigenvalue weighted by molar-refractivity contribution is 9.26. The Labute approximate surface area is 176 Å². The Morgan fingerprint density at radius 1 is 0.692 bits per heavy atom. The van der Waals surface area contributed by atoms with E-state index in [0.29, 0.717) is 25.7 Å². The van der Waals surface area contributed by atoms with Crippen LogP contribution in [0.5, 0.6) is 0 Å². The van der Waals surface area contributed by atoms with Crippen molar-refractivity contribution in [1.29, 1.82) is 0 Å². The van der Waals surface area contributed by atoms with Crippen LogP contribution < -0.4 is 0 Å². The Hall–Kier alpha value is 1.30. The molecule has 0 saturated heterocycles. The van der Waals surface area contributed by atoms with Crippen molar-refractivity contribution < 1.29 is 16.8 Å². The zero-order valence-corrected chi connectivity index (χ0v) is 22.0. The molecule has 0 radical (unpaired) electrons. The normalized spacial score (nSPS) is 16.5. The van der Waals surface area contributed by atoms with Crippen LogP contribution in [0, 0.1) is 0 Å². The van der Waals surface area contributed by atoms with E-state index in [1.165, 1.54) is 12.5 Å². The maximum Gasteiger partial charge on any atom is 0.150 e. The summed E-state index contributed by atoms with van der Waals surface area (Å²) in [4.78, 5) is 0. The molecule has 2 atom stereocenters. The van der Waals surface area contributed by atoms with Crippen LogP contribution in [0.25, 0.3) is 0 Å². The summed E-state index contributed by atoms with van der Waals surface area (Å²) in [6.07, 6.45) is 5.14. The molecule has 10 heteroatoms. The van der Waals surface area contributed by atoms with Crippen LogP contribution in [0.3, 0.4) is 0 Å². The minimum Gasteiger partial charge on any atom is -0.229 e. The lowest BCUT2D eigenvalue weighted by Crippen LogP contribution is -2.28. The van der Waals surface area contributed by atoms with E-state index in [9.17, 15) is 16.8 Å². The fraction of sp³-hybridized carbons (Fsp3) is 1.00. The molecule has 0 aliphatic rings. The van der Waals surface area contributed by atoms with E-state index in [0.717, 1.165) is 0 Å². The summed E-state index contributed by atoms with van der Waals surface area (Å²) in [7, 11) is 0.612. The van der Waals surface area contributed by atoms with Gasteiger partial charge in [-0.3, -0.25) is 0 Å². The first-order chi connectivity index (χ1) is 11.5. The molecule has 0 aromatic heterocycles. The molecule has 158 valence electrons. The van der Waals surface area contributed by atoms with Crippen molar-refractivity contribution in [1.82, 2.24) is 0 Å². The summed E-state index contributed by atoms with van der Waals surface area (Å²) in [5.41, 5.74) is 0. The Balaban J connectivity index is 4.54. The molecule has 0 heterocycles. The Kier molecular flexibility index (Phi) is 11.4. The van der Waals surface area contributed by atoms with Crippen LogP contribution in [0.4, 0.5) is 0 Å². The average Bonchev–Trinajstić information content (AvgIpc) is 2.44. The van der Waals surface area contributed by atoms with Gasteiger partial charge in [0.25, 0.3) is 0 Å². The summed E-state index contributed by atoms with van der Waals surface area (Å²) < 4.78 is 47.1. The second kappa shape index (κ2) is 10.9. The summed E-state index contributed by atoms with van der Waals surface area (Å²) in [5, 5.41) is -0.612. The molecule has 0 rings (SSSR count). The summed E-state index contributed by atoms with van der Waals surface area (Å²) in [6, 6.07) is 0. The zero-order chi connectivity index (χ0) is 20.8. The molecule has 26 heavy (non-hydrogen) atoms. The Morgan fingerprint density at radius 3 is 1.15 bits per heavy atom. The van der Waals surface area contributed by atoms with Gasteiger partial charge in [-0.15, -0.1) is 0 Å². The van der Waals surface area contributed by atoms with Crippen LogP contribution in [0.15, 0.2) is 0 Å². The van der Waals surface area contributed by atoms with Crippen molar-refractivity contribution in [2.45, 2.75) is 87.2 Å². The van der Waals surface area contributed by atoms with Gasteiger partial charge in [0.15, 0.2) is 0 Å². The van der Waals surface area contributed by atoms with Gasteiger partial charge in [-0.25, -0.2) is 16.8 Å². The predicted molar refractivity (Wildman–Crippen MR) is 126 cm³/mol. The minimum absolute atomic E-state index is 0.148. The first kappa shape index (κ1) is 27.3. The standard InChI is InChI=1S/C16H34O4S6/c1-9-13(25(7,17)18)11-15(3,4)21-23-24-22-16(5,6)12-14(10-2)26(8,19)20/h13-14H,9-12H2,1-8H3. The molecule has 0 saturated carbocycles. The average molecular weight is 483 g/mol. The molecule has 0 aromatic carbocycles. The van der Waals surface area contributed by atoms with Gasteiger partial charge in [-0.2, -0.15) is 0 Å². The number of rotatable bonds is 13. The molecule has 0 aliphatic carbocycles. The van der Waals surface area contributed by atoms with E-state index in [4.69, 9.17) is 0 Å². The van der Waals surface area contributed by atoms with Gasteiger partial charge in [-0.1, -0.05) is 35.4 Å². The minimum atomic E-state index is -3.02. The van der Waals surface area contributed by atoms with E-state index in [1.54, 1.807) is 41.2 Å². The SMILES string of the molecule is CCC(CC(C)(C)SSSSC(C)(C)CC(CC)S(C)(=O)=O)S(C)(=O)=O. The smallest absolute Gasteiger partial charge is 0.150 e. The fourth-order valence-corrected chi connectivity index (χ4v) is 13.4. The van der Waals surface area contributed by atoms with Gasteiger partial charge in [0.05, 0.1) is 10.5 Å². The van der Waals surface area contributed by atoms with Gasteiger partial charge < -0.3 is 0 Å². The van der Waals surface area contributed by atoms with Crippen molar-refractivity contribution in [3.05, 3.63) is 0 Å². The largest absolute Gasteiger partial charge is 0.229 e. The van der Waals surface area contributed by atoms with E-state index in [2.05, 4.69) is 27.7 Å². The topological polar surface area (TPSA) is 68.3 Å². The van der Waals surface area contributed by atoms with Gasteiger partial charge in [0, 0.05) is 22.0 Å². The van der Waals surface area contributed by atoms with Crippen LogP contribution in [0.2, 0.25) is 0 Å². The highest BCUT2D eigenvalue weighted by Gasteiger charge is 2.31. The molecular weight excluding hydrogens is 449 g/mol. The van der Waals surface area contributed by atoms with Gasteiger partial charge in [-0.05, 0) is 73.0 Å². The van der Waals surface area contributed by atoms with E-state index in [1.807, 2.05) is 13.8 Å². The summed E-state index contributed by atoms with van der Waals surface area (Å²) in [5.74, 6) is 0. The Morgan fingerprint density at radius 2 is 0.962 bits per heavy atom. The van der Waals surface area contributed by atoms with Crippen LogP contribution >= 0.6 is 41.2 Å². The third-order valence-electron chi connectivity index (χ3n) is 4.11. The van der Waals surface area contributed by atoms with E-state index < -0.39 is 19.7 Å². The lowest BCUT2D eigenvalue weighted by Gasteiger charge is -2.29. The second-order valence-corrected chi connectivity index (χ2v) is 19.7. The molecular formula is C16H34O4S6. The van der Waals surface area contributed by atoms with Crippen LogP contribution in [-0.4, -0.2) is 49.3 Å².